The number of nitrogens with one attached hydrogen (secondary N) is 2. The minimum atomic E-state index is -0.0748. The van der Waals surface area contributed by atoms with Gasteiger partial charge in [-0.15, -0.1) is 0 Å². The molecule has 0 unspecified atom stereocenters. The monoisotopic (exact) mass is 272 g/mol. The molecule has 0 spiro atoms. The van der Waals surface area contributed by atoms with E-state index in [1.807, 2.05) is 38.1 Å². The van der Waals surface area contributed by atoms with Crippen LogP contribution in [-0.4, -0.2) is 34.0 Å². The third kappa shape index (κ3) is 3.17. The van der Waals surface area contributed by atoms with Gasteiger partial charge < -0.3 is 15.2 Å². The highest BCUT2D eigenvalue weighted by molar-refractivity contribution is 5.74. The largest absolute Gasteiger partial charge is 0.345 e. The summed E-state index contributed by atoms with van der Waals surface area (Å²) in [5.74, 6) is 0.812. The number of H-pyrrole nitrogens is 1. The Kier molecular flexibility index (Phi) is 4.40. The van der Waals surface area contributed by atoms with E-state index in [0.29, 0.717) is 6.54 Å². The van der Waals surface area contributed by atoms with Gasteiger partial charge >= 0.3 is 6.03 Å². The van der Waals surface area contributed by atoms with Crippen LogP contribution in [0.1, 0.15) is 19.4 Å². The molecule has 0 atom stereocenters. The molecule has 1 heterocycles. The first-order valence-corrected chi connectivity index (χ1v) is 6.68. The standard InChI is InChI=1S/C15H20N4O/c1-11(2)19(3)15(20)18-10-12-6-4-5-7-13(12)14-16-8-9-17-14/h4-9,11H,10H2,1-3H3,(H,16,17)(H,18,20). The Labute approximate surface area is 119 Å². The van der Waals surface area contributed by atoms with Crippen molar-refractivity contribution in [2.24, 2.45) is 0 Å². The molecule has 5 nitrogen and oxygen atoms in total. The summed E-state index contributed by atoms with van der Waals surface area (Å²) in [4.78, 5) is 21.0. The van der Waals surface area contributed by atoms with Crippen LogP contribution in [0.4, 0.5) is 4.79 Å². The van der Waals surface area contributed by atoms with Crippen molar-refractivity contribution < 1.29 is 4.79 Å². The number of urea groups is 1. The highest BCUT2D eigenvalue weighted by atomic mass is 16.2. The quantitative estimate of drug-likeness (QED) is 0.898. The number of benzene rings is 1. The third-order valence-corrected chi connectivity index (χ3v) is 3.30. The van der Waals surface area contributed by atoms with Crippen molar-refractivity contribution in [3.8, 4) is 11.4 Å². The van der Waals surface area contributed by atoms with Crippen LogP contribution in [0.2, 0.25) is 0 Å². The lowest BCUT2D eigenvalue weighted by Gasteiger charge is -2.22. The molecule has 0 bridgehead atoms. The van der Waals surface area contributed by atoms with Crippen LogP contribution in [0, 0.1) is 0 Å². The molecule has 0 fully saturated rings. The zero-order valence-electron chi connectivity index (χ0n) is 12.1. The first kappa shape index (κ1) is 14.1. The van der Waals surface area contributed by atoms with Gasteiger partial charge in [0.25, 0.3) is 0 Å². The van der Waals surface area contributed by atoms with Crippen molar-refractivity contribution in [2.75, 3.05) is 7.05 Å². The van der Waals surface area contributed by atoms with Crippen molar-refractivity contribution in [2.45, 2.75) is 26.4 Å². The fraction of sp³-hybridized carbons (Fsp3) is 0.333. The average molecular weight is 272 g/mol. The predicted octanol–water partition coefficient (Wildman–Crippen LogP) is 2.63. The Hall–Kier alpha value is -2.30. The smallest absolute Gasteiger partial charge is 0.317 e. The summed E-state index contributed by atoms with van der Waals surface area (Å²) in [6, 6.07) is 8.01. The fourth-order valence-corrected chi connectivity index (χ4v) is 1.85. The summed E-state index contributed by atoms with van der Waals surface area (Å²) in [6.07, 6.45) is 3.51. The van der Waals surface area contributed by atoms with Crippen LogP contribution in [0.15, 0.2) is 36.7 Å². The molecule has 1 aromatic carbocycles. The van der Waals surface area contributed by atoms with Crippen molar-refractivity contribution in [3.63, 3.8) is 0 Å². The number of aromatic amines is 1. The van der Waals surface area contributed by atoms with Crippen LogP contribution < -0.4 is 5.32 Å². The van der Waals surface area contributed by atoms with Gasteiger partial charge in [-0.1, -0.05) is 24.3 Å². The predicted molar refractivity (Wildman–Crippen MR) is 79.2 cm³/mol. The Morgan fingerprint density at radius 3 is 2.80 bits per heavy atom. The molecule has 0 aliphatic heterocycles. The van der Waals surface area contributed by atoms with Crippen molar-refractivity contribution in [1.82, 2.24) is 20.2 Å². The van der Waals surface area contributed by atoms with E-state index in [-0.39, 0.29) is 12.1 Å². The maximum atomic E-state index is 11.9. The third-order valence-electron chi connectivity index (χ3n) is 3.30. The molecule has 2 amide bonds. The number of amides is 2. The van der Waals surface area contributed by atoms with Crippen molar-refractivity contribution >= 4 is 6.03 Å². The average Bonchev–Trinajstić information content (AvgIpc) is 2.98. The van der Waals surface area contributed by atoms with Gasteiger partial charge in [0, 0.05) is 37.6 Å². The minimum absolute atomic E-state index is 0.0748. The zero-order valence-corrected chi connectivity index (χ0v) is 12.1. The molecule has 0 saturated carbocycles. The van der Waals surface area contributed by atoms with Crippen molar-refractivity contribution in [1.29, 1.82) is 0 Å². The maximum Gasteiger partial charge on any atom is 0.317 e. The second-order valence-corrected chi connectivity index (χ2v) is 4.96. The molecular weight excluding hydrogens is 252 g/mol. The van der Waals surface area contributed by atoms with Gasteiger partial charge in [-0.3, -0.25) is 0 Å². The van der Waals surface area contributed by atoms with Crippen LogP contribution in [-0.2, 0) is 6.54 Å². The minimum Gasteiger partial charge on any atom is -0.345 e. The maximum absolute atomic E-state index is 11.9. The molecular formula is C15H20N4O. The Bertz CT molecular complexity index is 563. The number of imidazole rings is 1. The van der Waals surface area contributed by atoms with Gasteiger partial charge in [0.1, 0.15) is 5.82 Å². The molecule has 106 valence electrons. The van der Waals surface area contributed by atoms with Gasteiger partial charge in [0.2, 0.25) is 0 Å². The van der Waals surface area contributed by atoms with Gasteiger partial charge in [-0.2, -0.15) is 0 Å². The molecule has 0 radical (unpaired) electrons. The van der Waals surface area contributed by atoms with E-state index in [1.165, 1.54) is 0 Å². The molecule has 2 N–H and O–H groups in total. The summed E-state index contributed by atoms with van der Waals surface area (Å²) in [5.41, 5.74) is 2.04. The highest BCUT2D eigenvalue weighted by Crippen LogP contribution is 2.19. The van der Waals surface area contributed by atoms with E-state index in [1.54, 1.807) is 24.3 Å². The van der Waals surface area contributed by atoms with Crippen LogP contribution in [0.25, 0.3) is 11.4 Å². The van der Waals surface area contributed by atoms with Gasteiger partial charge in [0.05, 0.1) is 0 Å². The number of carbonyl (C=O) groups excluding carboxylic acids is 1. The van der Waals surface area contributed by atoms with E-state index in [4.69, 9.17) is 0 Å². The molecule has 20 heavy (non-hydrogen) atoms. The summed E-state index contributed by atoms with van der Waals surface area (Å²) in [5, 5.41) is 2.93. The van der Waals surface area contributed by atoms with E-state index in [0.717, 1.165) is 17.0 Å². The molecule has 0 aliphatic rings. The van der Waals surface area contributed by atoms with Crippen LogP contribution in [0.5, 0.6) is 0 Å². The number of carbonyl (C=O) groups is 1. The van der Waals surface area contributed by atoms with E-state index in [9.17, 15) is 4.79 Å². The molecule has 1 aromatic heterocycles. The Balaban J connectivity index is 2.09. The van der Waals surface area contributed by atoms with E-state index in [2.05, 4.69) is 15.3 Å². The molecule has 2 rings (SSSR count). The molecule has 5 heteroatoms. The number of aromatic nitrogens is 2. The molecule has 0 aliphatic carbocycles. The zero-order chi connectivity index (χ0) is 14.5. The van der Waals surface area contributed by atoms with E-state index >= 15 is 0 Å². The lowest BCUT2D eigenvalue weighted by atomic mass is 10.1. The normalized spacial score (nSPS) is 10.6. The van der Waals surface area contributed by atoms with Gasteiger partial charge in [-0.05, 0) is 19.4 Å². The van der Waals surface area contributed by atoms with Crippen LogP contribution >= 0.6 is 0 Å². The summed E-state index contributed by atoms with van der Waals surface area (Å²) in [7, 11) is 1.79. The summed E-state index contributed by atoms with van der Waals surface area (Å²) >= 11 is 0. The molecule has 0 saturated heterocycles. The Morgan fingerprint density at radius 2 is 2.15 bits per heavy atom. The number of rotatable bonds is 4. The highest BCUT2D eigenvalue weighted by Gasteiger charge is 2.12. The van der Waals surface area contributed by atoms with E-state index < -0.39 is 0 Å². The lowest BCUT2D eigenvalue weighted by molar-refractivity contribution is 0.197. The van der Waals surface area contributed by atoms with Gasteiger partial charge in [-0.25, -0.2) is 9.78 Å². The number of hydrogen-bond donors (Lipinski definition) is 2. The van der Waals surface area contributed by atoms with Crippen LogP contribution in [0.3, 0.4) is 0 Å². The molecule has 2 aromatic rings. The first-order chi connectivity index (χ1) is 9.59. The number of nitrogens with zero attached hydrogens (tertiary/aromatic N) is 2. The second-order valence-electron chi connectivity index (χ2n) is 4.96. The summed E-state index contributed by atoms with van der Waals surface area (Å²) < 4.78 is 0. The lowest BCUT2D eigenvalue weighted by Crippen LogP contribution is -2.40. The second kappa shape index (κ2) is 6.23. The summed E-state index contributed by atoms with van der Waals surface area (Å²) in [6.45, 7) is 4.44. The fourth-order valence-electron chi connectivity index (χ4n) is 1.85. The first-order valence-electron chi connectivity index (χ1n) is 6.68. The van der Waals surface area contributed by atoms with Crippen molar-refractivity contribution in [3.05, 3.63) is 42.2 Å². The SMILES string of the molecule is CC(C)N(C)C(=O)NCc1ccccc1-c1ncc[nH]1. The topological polar surface area (TPSA) is 61.0 Å². The number of hydrogen-bond acceptors (Lipinski definition) is 2. The Morgan fingerprint density at radius 1 is 1.40 bits per heavy atom. The van der Waals surface area contributed by atoms with Gasteiger partial charge in [0.15, 0.2) is 0 Å².